The number of thioether (sulfide) groups is 1. The average Bonchev–Trinajstić information content (AvgIpc) is 3.01. The summed E-state index contributed by atoms with van der Waals surface area (Å²) >= 11 is 1.15. The van der Waals surface area contributed by atoms with Gasteiger partial charge in [0.2, 0.25) is 5.91 Å². The van der Waals surface area contributed by atoms with Crippen LogP contribution in [0, 0.1) is 17.1 Å². The zero-order valence-corrected chi connectivity index (χ0v) is 23.6. The van der Waals surface area contributed by atoms with E-state index in [1.807, 2.05) is 66.7 Å². The van der Waals surface area contributed by atoms with Gasteiger partial charge < -0.3 is 10.6 Å². The molecule has 1 aliphatic rings. The predicted molar refractivity (Wildman–Crippen MR) is 165 cm³/mol. The maximum absolute atomic E-state index is 15.2. The molecule has 0 aliphatic carbocycles. The number of hydrogen-bond donors (Lipinski definition) is 2. The largest absolute Gasteiger partial charge is 0.353 e. The summed E-state index contributed by atoms with van der Waals surface area (Å²) in [4.78, 5) is 28.9. The number of dihydropyridines is 1. The Kier molecular flexibility index (Phi) is 8.81. The van der Waals surface area contributed by atoms with Crippen LogP contribution < -0.4 is 15.5 Å². The van der Waals surface area contributed by atoms with Crippen LogP contribution in [0.4, 0.5) is 21.5 Å². The number of nitrogens with zero attached hydrogens (tertiary/aromatic N) is 2. The first-order valence-electron chi connectivity index (χ1n) is 13.3. The van der Waals surface area contributed by atoms with E-state index < -0.39 is 17.6 Å². The number of rotatable bonds is 8. The fourth-order valence-electron chi connectivity index (χ4n) is 4.86. The molecule has 0 unspecified atom stereocenters. The first kappa shape index (κ1) is 28.4. The second-order valence-electron chi connectivity index (χ2n) is 9.48. The van der Waals surface area contributed by atoms with Crippen LogP contribution in [0.2, 0.25) is 0 Å². The summed E-state index contributed by atoms with van der Waals surface area (Å²) in [6.45, 7) is 1.71. The molecular formula is C34H27FN4O2S. The summed E-state index contributed by atoms with van der Waals surface area (Å²) in [6, 6.07) is 35.9. The van der Waals surface area contributed by atoms with Gasteiger partial charge >= 0.3 is 0 Å². The maximum atomic E-state index is 15.2. The molecule has 2 amide bonds. The number of nitriles is 1. The zero-order valence-electron chi connectivity index (χ0n) is 22.8. The summed E-state index contributed by atoms with van der Waals surface area (Å²) in [7, 11) is 0. The lowest BCUT2D eigenvalue weighted by atomic mass is 9.82. The van der Waals surface area contributed by atoms with Crippen molar-refractivity contribution in [1.29, 1.82) is 5.26 Å². The molecule has 0 saturated heterocycles. The molecule has 1 heterocycles. The number of allylic oxidation sites excluding steroid dienone is 2. The molecule has 4 aromatic carbocycles. The average molecular weight is 575 g/mol. The van der Waals surface area contributed by atoms with Gasteiger partial charge in [-0.15, -0.1) is 0 Å². The molecule has 1 aliphatic heterocycles. The lowest BCUT2D eigenvalue weighted by molar-refractivity contribution is -0.115. The van der Waals surface area contributed by atoms with E-state index in [1.54, 1.807) is 54.3 Å². The van der Waals surface area contributed by atoms with E-state index in [0.717, 1.165) is 11.8 Å². The van der Waals surface area contributed by atoms with Crippen LogP contribution in [-0.2, 0) is 9.59 Å². The Labute approximate surface area is 248 Å². The SMILES string of the molecule is CC1=C(C(=O)Nc2ccccc2)[C@@H](c2ccccc2F)C(C#N)=C(SCC(=O)N(c2ccccc2)c2ccccc2)N1. The number of amides is 2. The van der Waals surface area contributed by atoms with Crippen LogP contribution in [0.25, 0.3) is 0 Å². The summed E-state index contributed by atoms with van der Waals surface area (Å²) in [5.41, 5.74) is 3.05. The van der Waals surface area contributed by atoms with E-state index in [9.17, 15) is 14.9 Å². The van der Waals surface area contributed by atoms with Gasteiger partial charge in [0, 0.05) is 33.9 Å². The Bertz CT molecular complexity index is 1660. The second kappa shape index (κ2) is 13.0. The Morgan fingerprint density at radius 1 is 0.881 bits per heavy atom. The Balaban J connectivity index is 1.49. The van der Waals surface area contributed by atoms with Crippen LogP contribution in [-0.4, -0.2) is 17.6 Å². The standard InChI is InChI=1S/C34H27FN4O2S/c1-23-31(33(41)38-24-13-5-2-6-14-24)32(27-19-11-12-20-29(27)35)28(21-36)34(37-23)42-22-30(40)39(25-15-7-3-8-16-25)26-17-9-4-10-18-26/h2-20,32,37H,22H2,1H3,(H,38,41)/t32-/m0/s1. The van der Waals surface area contributed by atoms with Crippen molar-refractivity contribution in [2.24, 2.45) is 0 Å². The van der Waals surface area contributed by atoms with Gasteiger partial charge in [0.25, 0.3) is 5.91 Å². The highest BCUT2D eigenvalue weighted by molar-refractivity contribution is 8.03. The third-order valence-corrected chi connectivity index (χ3v) is 7.76. The molecule has 0 bridgehead atoms. The van der Waals surface area contributed by atoms with Gasteiger partial charge in [-0.25, -0.2) is 4.39 Å². The number of hydrogen-bond acceptors (Lipinski definition) is 5. The Hall–Kier alpha value is -5.13. The van der Waals surface area contributed by atoms with Crippen LogP contribution in [0.1, 0.15) is 18.4 Å². The molecule has 0 radical (unpaired) electrons. The Morgan fingerprint density at radius 2 is 1.43 bits per heavy atom. The first-order chi connectivity index (χ1) is 20.5. The molecule has 1 atom stereocenters. The van der Waals surface area contributed by atoms with Crippen molar-refractivity contribution in [3.63, 3.8) is 0 Å². The summed E-state index contributed by atoms with van der Waals surface area (Å²) in [5, 5.41) is 16.8. The number of halogens is 1. The molecule has 0 spiro atoms. The van der Waals surface area contributed by atoms with Crippen LogP contribution in [0.15, 0.2) is 137 Å². The second-order valence-corrected chi connectivity index (χ2v) is 10.5. The summed E-state index contributed by atoms with van der Waals surface area (Å²) in [5.74, 6) is -2.18. The molecule has 8 heteroatoms. The normalized spacial score (nSPS) is 14.5. The first-order valence-corrected chi connectivity index (χ1v) is 14.2. The smallest absolute Gasteiger partial charge is 0.254 e. The lowest BCUT2D eigenvalue weighted by Gasteiger charge is -2.30. The molecule has 208 valence electrons. The number of carbonyl (C=O) groups excluding carboxylic acids is 2. The van der Waals surface area contributed by atoms with Crippen molar-refractivity contribution in [3.05, 3.63) is 149 Å². The molecule has 0 aromatic heterocycles. The van der Waals surface area contributed by atoms with E-state index in [4.69, 9.17) is 0 Å². The van der Waals surface area contributed by atoms with E-state index in [2.05, 4.69) is 16.7 Å². The van der Waals surface area contributed by atoms with Gasteiger partial charge in [-0.3, -0.25) is 14.5 Å². The lowest BCUT2D eigenvalue weighted by Crippen LogP contribution is -2.32. The number of carbonyl (C=O) groups is 2. The van der Waals surface area contributed by atoms with Gasteiger partial charge in [0.05, 0.1) is 28.3 Å². The topological polar surface area (TPSA) is 85.2 Å². The van der Waals surface area contributed by atoms with Crippen molar-refractivity contribution in [3.8, 4) is 6.07 Å². The highest BCUT2D eigenvalue weighted by Gasteiger charge is 2.36. The van der Waals surface area contributed by atoms with Gasteiger partial charge in [0.15, 0.2) is 0 Å². The van der Waals surface area contributed by atoms with Crippen LogP contribution in [0.5, 0.6) is 0 Å². The molecule has 42 heavy (non-hydrogen) atoms. The predicted octanol–water partition coefficient (Wildman–Crippen LogP) is 7.26. The van der Waals surface area contributed by atoms with E-state index >= 15 is 4.39 Å². The highest BCUT2D eigenvalue weighted by Crippen LogP contribution is 2.42. The zero-order chi connectivity index (χ0) is 29.5. The number of anilines is 3. The molecule has 0 fully saturated rings. The van der Waals surface area contributed by atoms with Crippen molar-refractivity contribution < 1.29 is 14.0 Å². The molecule has 2 N–H and O–H groups in total. The van der Waals surface area contributed by atoms with Gasteiger partial charge in [-0.2, -0.15) is 5.26 Å². The minimum absolute atomic E-state index is 0.0138. The fourth-order valence-corrected chi connectivity index (χ4v) is 5.80. The van der Waals surface area contributed by atoms with Gasteiger partial charge in [0.1, 0.15) is 5.82 Å². The highest BCUT2D eigenvalue weighted by atomic mass is 32.2. The van der Waals surface area contributed by atoms with Crippen molar-refractivity contribution >= 4 is 40.6 Å². The van der Waals surface area contributed by atoms with E-state index in [0.29, 0.717) is 27.8 Å². The molecule has 5 rings (SSSR count). The van der Waals surface area contributed by atoms with E-state index in [1.165, 1.54) is 6.07 Å². The van der Waals surface area contributed by atoms with Crippen molar-refractivity contribution in [2.45, 2.75) is 12.8 Å². The minimum atomic E-state index is -0.974. The monoisotopic (exact) mass is 574 g/mol. The minimum Gasteiger partial charge on any atom is -0.353 e. The van der Waals surface area contributed by atoms with Crippen LogP contribution >= 0.6 is 11.8 Å². The third kappa shape index (κ3) is 6.12. The molecular weight excluding hydrogens is 547 g/mol. The van der Waals surface area contributed by atoms with Crippen molar-refractivity contribution in [1.82, 2.24) is 5.32 Å². The summed E-state index contributed by atoms with van der Waals surface area (Å²) < 4.78 is 15.2. The molecule has 0 saturated carbocycles. The number of para-hydroxylation sites is 3. The molecule has 6 nitrogen and oxygen atoms in total. The number of nitrogens with one attached hydrogen (secondary N) is 2. The maximum Gasteiger partial charge on any atom is 0.254 e. The van der Waals surface area contributed by atoms with Crippen LogP contribution in [0.3, 0.4) is 0 Å². The molecule has 4 aromatic rings. The van der Waals surface area contributed by atoms with Crippen molar-refractivity contribution in [2.75, 3.05) is 16.0 Å². The van der Waals surface area contributed by atoms with Gasteiger partial charge in [-0.05, 0) is 49.4 Å². The van der Waals surface area contributed by atoms with E-state index in [-0.39, 0.29) is 28.4 Å². The summed E-state index contributed by atoms with van der Waals surface area (Å²) in [6.07, 6.45) is 0. The third-order valence-electron chi connectivity index (χ3n) is 6.76. The quantitative estimate of drug-likeness (QED) is 0.231. The number of benzene rings is 4. The van der Waals surface area contributed by atoms with Gasteiger partial charge in [-0.1, -0.05) is 84.6 Å². The fraction of sp³-hybridized carbons (Fsp3) is 0.0882. The Morgan fingerprint density at radius 3 is 2.00 bits per heavy atom.